The second-order valence-electron chi connectivity index (χ2n) is 2.49. The molecule has 0 saturated heterocycles. The minimum Gasteiger partial charge on any atom is -0.345 e. The van der Waals surface area contributed by atoms with Crippen LogP contribution in [0.4, 0.5) is 5.69 Å². The highest BCUT2D eigenvalue weighted by Gasteiger charge is 2.09. The van der Waals surface area contributed by atoms with E-state index >= 15 is 0 Å². The van der Waals surface area contributed by atoms with Crippen molar-refractivity contribution >= 4 is 17.9 Å². The van der Waals surface area contributed by atoms with Crippen molar-refractivity contribution in [2.24, 2.45) is 5.18 Å². The van der Waals surface area contributed by atoms with E-state index in [1.54, 1.807) is 12.1 Å². The third-order valence-corrected chi connectivity index (χ3v) is 1.59. The van der Waals surface area contributed by atoms with Crippen LogP contribution in [0.15, 0.2) is 29.4 Å². The Morgan fingerprint density at radius 1 is 1.43 bits per heavy atom. The van der Waals surface area contributed by atoms with E-state index in [0.29, 0.717) is 6.29 Å². The molecule has 0 unspecified atom stereocenters. The van der Waals surface area contributed by atoms with Gasteiger partial charge in [0.05, 0.1) is 12.1 Å². The van der Waals surface area contributed by atoms with Crippen molar-refractivity contribution in [2.45, 2.75) is 0 Å². The van der Waals surface area contributed by atoms with E-state index in [9.17, 15) is 14.5 Å². The summed E-state index contributed by atoms with van der Waals surface area (Å²) >= 11 is 0. The Morgan fingerprint density at radius 2 is 2.14 bits per heavy atom. The lowest BCUT2D eigenvalue weighted by molar-refractivity contribution is -0.107. The highest BCUT2D eigenvalue weighted by atomic mass is 16.3. The second kappa shape index (κ2) is 4.86. The Balaban J connectivity index is 2.88. The Kier molecular flexibility index (Phi) is 3.49. The molecule has 1 aromatic rings. The predicted molar refractivity (Wildman–Crippen MR) is 50.3 cm³/mol. The molecule has 1 amide bonds. The van der Waals surface area contributed by atoms with Crippen molar-refractivity contribution in [1.82, 2.24) is 5.32 Å². The number of amides is 1. The maximum Gasteiger partial charge on any atom is 0.253 e. The summed E-state index contributed by atoms with van der Waals surface area (Å²) in [7, 11) is 0. The number of nitroso groups, excluding NO2 is 1. The van der Waals surface area contributed by atoms with Gasteiger partial charge in [-0.2, -0.15) is 0 Å². The molecule has 0 heterocycles. The first kappa shape index (κ1) is 10.0. The molecule has 0 spiro atoms. The van der Waals surface area contributed by atoms with Gasteiger partial charge in [-0.3, -0.25) is 4.79 Å². The first-order valence-electron chi connectivity index (χ1n) is 3.94. The molecule has 0 aliphatic rings. The number of carbonyl (C=O) groups excluding carboxylic acids is 2. The average Bonchev–Trinajstić information content (AvgIpc) is 2.25. The van der Waals surface area contributed by atoms with Crippen molar-refractivity contribution in [2.75, 3.05) is 6.54 Å². The van der Waals surface area contributed by atoms with Gasteiger partial charge in [-0.05, 0) is 17.3 Å². The predicted octanol–water partition coefficient (Wildman–Crippen LogP) is 1.01. The molecule has 0 bridgehead atoms. The van der Waals surface area contributed by atoms with Crippen LogP contribution < -0.4 is 5.32 Å². The van der Waals surface area contributed by atoms with Crippen molar-refractivity contribution in [3.63, 3.8) is 0 Å². The summed E-state index contributed by atoms with van der Waals surface area (Å²) in [5, 5.41) is 5.02. The summed E-state index contributed by atoms with van der Waals surface area (Å²) in [6.45, 7) is -0.0774. The molecule has 0 aliphatic heterocycles. The van der Waals surface area contributed by atoms with Gasteiger partial charge >= 0.3 is 0 Å². The molecule has 72 valence electrons. The van der Waals surface area contributed by atoms with E-state index in [2.05, 4.69) is 10.5 Å². The van der Waals surface area contributed by atoms with Crippen LogP contribution in [0, 0.1) is 4.91 Å². The van der Waals surface area contributed by atoms with Crippen molar-refractivity contribution in [3.8, 4) is 0 Å². The SMILES string of the molecule is O=CCNC(=O)c1ccccc1N=O. The molecule has 1 aromatic carbocycles. The molecule has 0 aromatic heterocycles. The van der Waals surface area contributed by atoms with Crippen LogP contribution in [0.2, 0.25) is 0 Å². The van der Waals surface area contributed by atoms with E-state index in [1.165, 1.54) is 12.1 Å². The number of benzene rings is 1. The van der Waals surface area contributed by atoms with Crippen LogP contribution in [0.25, 0.3) is 0 Å². The third kappa shape index (κ3) is 2.22. The van der Waals surface area contributed by atoms with Crippen molar-refractivity contribution in [1.29, 1.82) is 0 Å². The molecule has 0 atom stereocenters. The molecule has 5 nitrogen and oxygen atoms in total. The number of nitrogens with zero attached hydrogens (tertiary/aromatic N) is 1. The quantitative estimate of drug-likeness (QED) is 0.571. The van der Waals surface area contributed by atoms with Gasteiger partial charge in [-0.25, -0.2) is 0 Å². The second-order valence-corrected chi connectivity index (χ2v) is 2.49. The Morgan fingerprint density at radius 3 is 2.79 bits per heavy atom. The summed E-state index contributed by atoms with van der Waals surface area (Å²) in [6.07, 6.45) is 0.564. The third-order valence-electron chi connectivity index (χ3n) is 1.59. The van der Waals surface area contributed by atoms with Crippen LogP contribution >= 0.6 is 0 Å². The Hall–Kier alpha value is -2.04. The summed E-state index contributed by atoms with van der Waals surface area (Å²) in [5.41, 5.74) is 0.236. The largest absolute Gasteiger partial charge is 0.345 e. The Labute approximate surface area is 80.1 Å². The van der Waals surface area contributed by atoms with E-state index in [0.717, 1.165) is 0 Å². The average molecular weight is 192 g/mol. The normalized spacial score (nSPS) is 9.14. The number of nitrogens with one attached hydrogen (secondary N) is 1. The minimum absolute atomic E-state index is 0.0656. The molecular formula is C9H8N2O3. The maximum atomic E-state index is 11.3. The van der Waals surface area contributed by atoms with Gasteiger partial charge in [0.2, 0.25) is 0 Å². The van der Waals surface area contributed by atoms with Crippen LogP contribution in [-0.2, 0) is 4.79 Å². The molecule has 14 heavy (non-hydrogen) atoms. The van der Waals surface area contributed by atoms with Gasteiger partial charge < -0.3 is 10.1 Å². The summed E-state index contributed by atoms with van der Waals surface area (Å²) < 4.78 is 0. The van der Waals surface area contributed by atoms with Gasteiger partial charge in [-0.1, -0.05) is 12.1 Å². The molecule has 1 rings (SSSR count). The molecular weight excluding hydrogens is 184 g/mol. The molecule has 0 fully saturated rings. The topological polar surface area (TPSA) is 75.6 Å². The maximum absolute atomic E-state index is 11.3. The van der Waals surface area contributed by atoms with E-state index < -0.39 is 5.91 Å². The van der Waals surface area contributed by atoms with E-state index in [1.807, 2.05) is 0 Å². The molecule has 0 saturated carbocycles. The smallest absolute Gasteiger partial charge is 0.253 e. The highest BCUT2D eigenvalue weighted by molar-refractivity contribution is 5.99. The minimum atomic E-state index is -0.479. The first-order valence-corrected chi connectivity index (χ1v) is 3.94. The van der Waals surface area contributed by atoms with Crippen molar-refractivity contribution < 1.29 is 9.59 Å². The zero-order chi connectivity index (χ0) is 10.4. The zero-order valence-corrected chi connectivity index (χ0v) is 7.27. The number of hydrogen-bond acceptors (Lipinski definition) is 4. The summed E-state index contributed by atoms with van der Waals surface area (Å²) in [4.78, 5) is 31.6. The Bertz CT molecular complexity index is 363. The number of rotatable bonds is 4. The molecule has 0 aliphatic carbocycles. The lowest BCUT2D eigenvalue weighted by Crippen LogP contribution is -2.25. The highest BCUT2D eigenvalue weighted by Crippen LogP contribution is 2.17. The van der Waals surface area contributed by atoms with Gasteiger partial charge in [0.1, 0.15) is 12.0 Å². The van der Waals surface area contributed by atoms with Gasteiger partial charge in [-0.15, -0.1) is 4.91 Å². The lowest BCUT2D eigenvalue weighted by atomic mass is 10.1. The molecule has 1 N–H and O–H groups in total. The monoisotopic (exact) mass is 192 g/mol. The number of carbonyl (C=O) groups is 2. The van der Waals surface area contributed by atoms with Crippen LogP contribution in [0.3, 0.4) is 0 Å². The lowest BCUT2D eigenvalue weighted by Gasteiger charge is -2.02. The fourth-order valence-electron chi connectivity index (χ4n) is 0.975. The summed E-state index contributed by atoms with van der Waals surface area (Å²) in [5.74, 6) is -0.479. The van der Waals surface area contributed by atoms with E-state index in [-0.39, 0.29) is 17.8 Å². The molecule has 0 radical (unpaired) electrons. The fraction of sp³-hybridized carbons (Fsp3) is 0.111. The van der Waals surface area contributed by atoms with Gasteiger partial charge in [0.25, 0.3) is 5.91 Å². The van der Waals surface area contributed by atoms with Crippen molar-refractivity contribution in [3.05, 3.63) is 34.7 Å². The van der Waals surface area contributed by atoms with Crippen LogP contribution in [0.1, 0.15) is 10.4 Å². The van der Waals surface area contributed by atoms with Crippen LogP contribution in [0.5, 0.6) is 0 Å². The standard InChI is InChI=1S/C9H8N2O3/c12-6-5-10-9(13)7-3-1-2-4-8(7)11-14/h1-4,6H,5H2,(H,10,13). The fourth-order valence-corrected chi connectivity index (χ4v) is 0.975. The molecule has 5 heteroatoms. The van der Waals surface area contributed by atoms with E-state index in [4.69, 9.17) is 0 Å². The number of aldehydes is 1. The van der Waals surface area contributed by atoms with Gasteiger partial charge in [0.15, 0.2) is 0 Å². The van der Waals surface area contributed by atoms with Crippen LogP contribution in [-0.4, -0.2) is 18.7 Å². The summed E-state index contributed by atoms with van der Waals surface area (Å²) in [6, 6.07) is 6.12. The first-order chi connectivity index (χ1) is 6.79. The van der Waals surface area contributed by atoms with Gasteiger partial charge in [0, 0.05) is 0 Å². The zero-order valence-electron chi connectivity index (χ0n) is 7.27. The number of hydrogen-bond donors (Lipinski definition) is 1.